The Kier molecular flexibility index (Phi) is 4.09. The Bertz CT molecular complexity index is 759. The van der Waals surface area contributed by atoms with E-state index in [4.69, 9.17) is 0 Å². The summed E-state index contributed by atoms with van der Waals surface area (Å²) in [5.41, 5.74) is 0.784. The van der Waals surface area contributed by atoms with Crippen LogP contribution in [0.1, 0.15) is 62.3 Å². The Morgan fingerprint density at radius 2 is 2.09 bits per heavy atom. The van der Waals surface area contributed by atoms with E-state index in [0.29, 0.717) is 5.92 Å². The third-order valence-electron chi connectivity index (χ3n) is 3.66. The molecule has 0 saturated heterocycles. The normalized spacial score (nSPS) is 17.1. The van der Waals surface area contributed by atoms with Gasteiger partial charge in [-0.3, -0.25) is 4.68 Å². The van der Waals surface area contributed by atoms with E-state index in [9.17, 15) is 8.42 Å². The van der Waals surface area contributed by atoms with Gasteiger partial charge in [-0.15, -0.1) is 11.3 Å². The molecular formula is C14H20N4O2S2. The monoisotopic (exact) mass is 340 g/mol. The SMILES string of the molecule is CC(C)n1cc(S(=O)(=O)N[C@H](C)c2csc(C3CC3)n2)cn1. The minimum Gasteiger partial charge on any atom is -0.269 e. The molecule has 8 heteroatoms. The number of sulfonamides is 1. The van der Waals surface area contributed by atoms with Crippen molar-refractivity contribution in [2.75, 3.05) is 0 Å². The summed E-state index contributed by atoms with van der Waals surface area (Å²) in [5.74, 6) is 0.590. The van der Waals surface area contributed by atoms with Crippen LogP contribution in [-0.2, 0) is 10.0 Å². The average molecular weight is 340 g/mol. The van der Waals surface area contributed by atoms with Gasteiger partial charge < -0.3 is 0 Å². The fourth-order valence-corrected chi connectivity index (χ4v) is 4.36. The first-order valence-corrected chi connectivity index (χ1v) is 9.75. The van der Waals surface area contributed by atoms with Crippen LogP contribution in [0.2, 0.25) is 0 Å². The molecule has 22 heavy (non-hydrogen) atoms. The van der Waals surface area contributed by atoms with Gasteiger partial charge in [-0.2, -0.15) is 5.10 Å². The molecule has 1 saturated carbocycles. The molecule has 0 bridgehead atoms. The average Bonchev–Trinajstić information content (AvgIpc) is 2.99. The topological polar surface area (TPSA) is 76.9 Å². The number of nitrogens with zero attached hydrogens (tertiary/aromatic N) is 3. The predicted molar refractivity (Wildman–Crippen MR) is 85.4 cm³/mol. The molecule has 0 radical (unpaired) electrons. The van der Waals surface area contributed by atoms with Gasteiger partial charge in [0.15, 0.2) is 0 Å². The van der Waals surface area contributed by atoms with Crippen LogP contribution in [0.3, 0.4) is 0 Å². The predicted octanol–water partition coefficient (Wildman–Crippen LogP) is 2.84. The smallest absolute Gasteiger partial charge is 0.244 e. The van der Waals surface area contributed by atoms with E-state index in [1.54, 1.807) is 22.2 Å². The van der Waals surface area contributed by atoms with Crippen LogP contribution in [0, 0.1) is 0 Å². The lowest BCUT2D eigenvalue weighted by Crippen LogP contribution is -2.26. The van der Waals surface area contributed by atoms with E-state index in [1.807, 2.05) is 26.2 Å². The summed E-state index contributed by atoms with van der Waals surface area (Å²) in [6, 6.07) is -0.225. The van der Waals surface area contributed by atoms with Gasteiger partial charge >= 0.3 is 0 Å². The van der Waals surface area contributed by atoms with Crippen molar-refractivity contribution in [2.24, 2.45) is 0 Å². The summed E-state index contributed by atoms with van der Waals surface area (Å²) in [7, 11) is -3.58. The van der Waals surface area contributed by atoms with E-state index < -0.39 is 10.0 Å². The molecule has 1 fully saturated rings. The first-order chi connectivity index (χ1) is 10.4. The molecule has 0 spiro atoms. The van der Waals surface area contributed by atoms with Crippen molar-refractivity contribution in [3.63, 3.8) is 0 Å². The summed E-state index contributed by atoms with van der Waals surface area (Å²) in [6.07, 6.45) is 5.32. The third kappa shape index (κ3) is 3.23. The van der Waals surface area contributed by atoms with E-state index in [2.05, 4.69) is 14.8 Å². The Balaban J connectivity index is 1.74. The minimum absolute atomic E-state index is 0.126. The number of thiazole rings is 1. The maximum Gasteiger partial charge on any atom is 0.244 e. The van der Waals surface area contributed by atoms with Crippen molar-refractivity contribution in [1.82, 2.24) is 19.5 Å². The molecule has 2 aromatic rings. The lowest BCUT2D eigenvalue weighted by Gasteiger charge is -2.11. The number of aromatic nitrogens is 3. The van der Waals surface area contributed by atoms with Crippen molar-refractivity contribution in [3.05, 3.63) is 28.5 Å². The molecule has 6 nitrogen and oxygen atoms in total. The molecule has 120 valence electrons. The lowest BCUT2D eigenvalue weighted by molar-refractivity contribution is 0.530. The highest BCUT2D eigenvalue weighted by atomic mass is 32.2. The Morgan fingerprint density at radius 3 is 2.68 bits per heavy atom. The largest absolute Gasteiger partial charge is 0.269 e. The fraction of sp³-hybridized carbons (Fsp3) is 0.571. The molecule has 1 aliphatic rings. The van der Waals surface area contributed by atoms with Crippen LogP contribution in [0.4, 0.5) is 0 Å². The Hall–Kier alpha value is -1.25. The van der Waals surface area contributed by atoms with Crippen LogP contribution < -0.4 is 4.72 Å². The van der Waals surface area contributed by atoms with Gasteiger partial charge in [0.2, 0.25) is 10.0 Å². The number of hydrogen-bond donors (Lipinski definition) is 1. The molecule has 2 aromatic heterocycles. The molecule has 0 unspecified atom stereocenters. The second-order valence-electron chi connectivity index (χ2n) is 5.98. The van der Waals surface area contributed by atoms with E-state index in [0.717, 1.165) is 10.7 Å². The van der Waals surface area contributed by atoms with Gasteiger partial charge in [-0.1, -0.05) is 0 Å². The van der Waals surface area contributed by atoms with Gasteiger partial charge in [0.25, 0.3) is 0 Å². The summed E-state index contributed by atoms with van der Waals surface area (Å²) in [4.78, 5) is 4.74. The number of hydrogen-bond acceptors (Lipinski definition) is 5. The standard InChI is InChI=1S/C14H20N4O2S2/c1-9(2)18-7-12(6-15-18)22(19,20)17-10(3)13-8-21-14(16-13)11-4-5-11/h6-11,17H,4-5H2,1-3H3/t10-/m1/s1. The molecule has 1 atom stereocenters. The zero-order valence-electron chi connectivity index (χ0n) is 12.9. The van der Waals surface area contributed by atoms with Crippen molar-refractivity contribution in [1.29, 1.82) is 0 Å². The molecule has 3 rings (SSSR count). The van der Waals surface area contributed by atoms with Crippen LogP contribution >= 0.6 is 11.3 Å². The molecule has 0 aromatic carbocycles. The molecule has 0 aliphatic heterocycles. The molecule has 2 heterocycles. The highest BCUT2D eigenvalue weighted by Gasteiger charge is 2.28. The Morgan fingerprint density at radius 1 is 1.36 bits per heavy atom. The zero-order valence-corrected chi connectivity index (χ0v) is 14.5. The highest BCUT2D eigenvalue weighted by molar-refractivity contribution is 7.89. The van der Waals surface area contributed by atoms with Crippen LogP contribution in [-0.4, -0.2) is 23.2 Å². The zero-order chi connectivity index (χ0) is 15.9. The van der Waals surface area contributed by atoms with Crippen molar-refractivity contribution in [3.8, 4) is 0 Å². The van der Waals surface area contributed by atoms with Crippen molar-refractivity contribution < 1.29 is 8.42 Å². The van der Waals surface area contributed by atoms with Gasteiger partial charge in [-0.05, 0) is 33.6 Å². The molecule has 1 aliphatic carbocycles. The number of nitrogens with one attached hydrogen (secondary N) is 1. The first-order valence-electron chi connectivity index (χ1n) is 7.38. The summed E-state index contributed by atoms with van der Waals surface area (Å²) >= 11 is 1.62. The number of rotatable bonds is 6. The van der Waals surface area contributed by atoms with Crippen molar-refractivity contribution >= 4 is 21.4 Å². The molecular weight excluding hydrogens is 320 g/mol. The summed E-state index contributed by atoms with van der Waals surface area (Å²) in [5, 5.41) is 7.14. The minimum atomic E-state index is -3.58. The second-order valence-corrected chi connectivity index (χ2v) is 8.58. The van der Waals surface area contributed by atoms with Gasteiger partial charge in [0, 0.05) is 23.5 Å². The maximum absolute atomic E-state index is 12.4. The summed E-state index contributed by atoms with van der Waals surface area (Å²) in [6.45, 7) is 5.72. The van der Waals surface area contributed by atoms with Gasteiger partial charge in [0.05, 0.1) is 22.9 Å². The quantitative estimate of drug-likeness (QED) is 0.877. The summed E-state index contributed by atoms with van der Waals surface area (Å²) < 4.78 is 29.1. The van der Waals surface area contributed by atoms with E-state index in [1.165, 1.54) is 19.0 Å². The van der Waals surface area contributed by atoms with E-state index >= 15 is 0 Å². The molecule has 0 amide bonds. The van der Waals surface area contributed by atoms with Gasteiger partial charge in [-0.25, -0.2) is 18.1 Å². The van der Waals surface area contributed by atoms with Crippen molar-refractivity contribution in [2.45, 2.75) is 56.5 Å². The van der Waals surface area contributed by atoms with Crippen LogP contribution in [0.15, 0.2) is 22.7 Å². The van der Waals surface area contributed by atoms with Crippen LogP contribution in [0.5, 0.6) is 0 Å². The lowest BCUT2D eigenvalue weighted by atomic mass is 10.3. The van der Waals surface area contributed by atoms with E-state index in [-0.39, 0.29) is 17.0 Å². The highest BCUT2D eigenvalue weighted by Crippen LogP contribution is 2.41. The second kappa shape index (κ2) is 5.75. The molecule has 1 N–H and O–H groups in total. The van der Waals surface area contributed by atoms with Crippen LogP contribution in [0.25, 0.3) is 0 Å². The third-order valence-corrected chi connectivity index (χ3v) is 6.18. The van der Waals surface area contributed by atoms with Gasteiger partial charge in [0.1, 0.15) is 4.90 Å². The Labute approximate surface area is 134 Å². The first kappa shape index (κ1) is 15.6. The maximum atomic E-state index is 12.4. The fourth-order valence-electron chi connectivity index (χ4n) is 2.12.